The van der Waals surface area contributed by atoms with Crippen LogP contribution in [0.1, 0.15) is 25.7 Å². The topological polar surface area (TPSA) is 619 Å². The van der Waals surface area contributed by atoms with Gasteiger partial charge < -0.3 is 194 Å². The zero-order valence-corrected chi connectivity index (χ0v) is 52.7. The molecule has 9 rings (SSSR count). The summed E-state index contributed by atoms with van der Waals surface area (Å²) in [6.07, 6.45) is -58.7. The normalized spacial score (nSPS) is 47.6. The van der Waals surface area contributed by atoms with Crippen LogP contribution >= 0.6 is 24.0 Å². The molecule has 0 amide bonds. The number of aliphatic hydroxyl groups is 23. The Morgan fingerprint density at radius 3 is 1.12 bits per heavy atom. The van der Waals surface area contributed by atoms with Crippen molar-refractivity contribution in [2.24, 2.45) is 5.92 Å². The summed E-state index contributed by atoms with van der Waals surface area (Å²) in [5, 5.41) is 253. The van der Waals surface area contributed by atoms with Gasteiger partial charge in [0.25, 0.3) is 0 Å². The Bertz CT molecular complexity index is 2100. The second-order valence-electron chi connectivity index (χ2n) is 24.6. The molecule has 95 heavy (non-hydrogen) atoms. The van der Waals surface area contributed by atoms with Gasteiger partial charge in [-0.1, -0.05) is 12.8 Å². The van der Waals surface area contributed by atoms with Gasteiger partial charge >= 0.3 is 0 Å². The Kier molecular flexibility index (Phi) is 30.1. The van der Waals surface area contributed by atoms with Crippen LogP contribution in [0.2, 0.25) is 0 Å². The van der Waals surface area contributed by atoms with E-state index in [-0.39, 0.29) is 17.4 Å². The van der Waals surface area contributed by atoms with Crippen molar-refractivity contribution < 1.29 is 184 Å². The molecule has 0 aromatic rings. The van der Waals surface area contributed by atoms with E-state index in [0.717, 1.165) is 19.3 Å². The first kappa shape index (κ1) is 79.3. The zero-order chi connectivity index (χ0) is 69.3. The molecule has 9 fully saturated rings. The summed E-state index contributed by atoms with van der Waals surface area (Å²) in [7, 11) is 0. The molecule has 2 bridgehead atoms. The lowest BCUT2D eigenvalue weighted by Gasteiger charge is -2.48. The van der Waals surface area contributed by atoms with Crippen molar-refractivity contribution in [1.82, 2.24) is 10.6 Å². The van der Waals surface area contributed by atoms with Gasteiger partial charge in [-0.2, -0.15) is 11.8 Å². The van der Waals surface area contributed by atoms with Crippen LogP contribution < -0.4 is 10.6 Å². The molecule has 9 aliphatic heterocycles. The van der Waals surface area contributed by atoms with E-state index in [1.54, 1.807) is 0 Å². The first-order valence-corrected chi connectivity index (χ1v) is 32.7. The highest BCUT2D eigenvalue weighted by atomic mass is 32.2. The summed E-state index contributed by atoms with van der Waals surface area (Å²) in [5.74, 6) is 0.149. The fourth-order valence-electron chi connectivity index (χ4n) is 12.3. The van der Waals surface area contributed by atoms with Crippen LogP contribution in [-0.4, -0.2) is 421 Å². The van der Waals surface area contributed by atoms with Gasteiger partial charge in [-0.05, 0) is 25.1 Å². The van der Waals surface area contributed by atoms with E-state index in [2.05, 4.69) is 10.6 Å². The highest BCUT2D eigenvalue weighted by Crippen LogP contribution is 2.37. The zero-order valence-electron chi connectivity index (χ0n) is 51.0. The molecule has 0 saturated carbocycles. The van der Waals surface area contributed by atoms with Crippen molar-refractivity contribution >= 4 is 29.1 Å². The Morgan fingerprint density at radius 2 is 0.747 bits per heavy atom. The minimum Gasteiger partial charge on any atom is -0.394 e. The molecule has 0 aromatic carbocycles. The van der Waals surface area contributed by atoms with Gasteiger partial charge in [0.15, 0.2) is 49.1 Å². The third-order valence-corrected chi connectivity index (χ3v) is 19.3. The lowest BCUT2D eigenvalue weighted by molar-refractivity contribution is -0.367. The minimum atomic E-state index is -2.23. The first-order chi connectivity index (χ1) is 45.3. The summed E-state index contributed by atoms with van der Waals surface area (Å²) in [6.45, 7) is -8.30. The number of hydrogen-bond donors (Lipinski definition) is 25. The van der Waals surface area contributed by atoms with Crippen LogP contribution in [0, 0.1) is 5.92 Å². The summed E-state index contributed by atoms with van der Waals surface area (Å²) >= 11 is 7.17. The quantitative estimate of drug-likeness (QED) is 0.0268. The van der Waals surface area contributed by atoms with Crippen LogP contribution in [0.4, 0.5) is 0 Å². The van der Waals surface area contributed by atoms with Crippen LogP contribution in [-0.2, 0) is 66.3 Å². The average Bonchev–Trinajstić information content (AvgIpc) is 0.804. The van der Waals surface area contributed by atoms with Gasteiger partial charge in [0.2, 0.25) is 0 Å². The van der Waals surface area contributed by atoms with Crippen LogP contribution in [0.25, 0.3) is 0 Å². The Balaban J connectivity index is 1.06. The molecule has 9 aliphatic rings. The van der Waals surface area contributed by atoms with Crippen molar-refractivity contribution in [3.8, 4) is 0 Å². The number of nitrogens with one attached hydrogen (secondary N) is 2. The fraction of sp³-hybridized carbons (Fsp3) is 0.981. The monoisotopic (exact) mass is 1430 g/mol. The Morgan fingerprint density at radius 1 is 0.389 bits per heavy atom. The molecule has 554 valence electrons. The van der Waals surface area contributed by atoms with E-state index in [1.165, 1.54) is 11.8 Å². The van der Waals surface area contributed by atoms with Gasteiger partial charge in [0, 0.05) is 30.6 Å². The number of thiocarbonyl (C=S) groups is 1. The van der Waals surface area contributed by atoms with Crippen LogP contribution in [0.5, 0.6) is 0 Å². The molecule has 35 atom stereocenters. The number of ether oxygens (including phenoxy) is 14. The smallest absolute Gasteiger partial charge is 0.187 e. The Labute approximate surface area is 551 Å². The maximum Gasteiger partial charge on any atom is 0.187 e. The lowest BCUT2D eigenvalue weighted by atomic mass is 9.85. The predicted molar refractivity (Wildman–Crippen MR) is 309 cm³/mol. The van der Waals surface area contributed by atoms with Crippen molar-refractivity contribution in [1.29, 1.82) is 0 Å². The largest absolute Gasteiger partial charge is 0.394 e. The number of fused-ring (bicyclic) bond motifs is 7. The van der Waals surface area contributed by atoms with Gasteiger partial charge in [-0.25, -0.2) is 0 Å². The van der Waals surface area contributed by atoms with E-state index in [0.29, 0.717) is 18.8 Å². The van der Waals surface area contributed by atoms with E-state index in [4.69, 9.17) is 78.5 Å². The van der Waals surface area contributed by atoms with Gasteiger partial charge in [0.05, 0.1) is 71.7 Å². The van der Waals surface area contributed by atoms with Crippen molar-refractivity contribution in [2.45, 2.75) is 240 Å². The number of aliphatic hydroxyl groups excluding tert-OH is 23. The standard InChI is InChI=1S/C54H94N2O37S2/c57-8-19-27(64)30(67)37(74)50(84-19)91-43-22(11-60)87-47(40(77)33(43)70)81-15-54(56-53(94)55-5-7-95-14-25-18-4-2-1-3-6-80-46(90-25)36(73)26(18)63,16-82-48-41(78)34(71)44(23(12-61)88-48)92-51-38(75)31(68)28(65)20(9-58)85-51)17-83-49-42(79)35(72)45(24(13-62)89-49)93-52-39(76)32(69)29(66)21(10-59)86-52/h18-52,57-79H,1-17H2,(H2,55,56,94)/t18?,19?,20?,21?,22?,23?,24?,25?,26-,27-,28-,29-,30-,31-,32-,33+,34+,35+,36?,37?,38?,39?,40?,41?,42?,43+,44+,45+,46-,47+,48+,49+,50-,51-,52-,54?/m0/s1. The molecule has 9 heterocycles. The molecule has 41 heteroatoms. The Hall–Kier alpha value is -1.44. The predicted octanol–water partition coefficient (Wildman–Crippen LogP) is -14.5. The number of rotatable bonds is 27. The SMILES string of the molecule is OCC1O[C@@H](OCC(CO[C@@H]2OC(CO)[C@@H](O[C@@H]3OC(CO)[C@H](O)[C@H](O)C3O)[C@H](O)C2O)(CO[C@@H]2OC(CO)[C@@H](O[C@@H]3OC(CO)[C@H](O)[C@H](O)C3O)[C@H](O)C2O)NC(=S)NCCSCC2O[C@@H]3OCCCCCC2[C@H](O)C3O)C(O)[C@@H](O)[C@@H]1O[C@@H]1OC(CO)[C@H](O)[C@H](O)C1O. The van der Waals surface area contributed by atoms with Gasteiger partial charge in [-0.3, -0.25) is 0 Å². The van der Waals surface area contributed by atoms with E-state index >= 15 is 0 Å². The third kappa shape index (κ3) is 18.5. The average molecular weight is 1430 g/mol. The third-order valence-electron chi connectivity index (χ3n) is 18.0. The van der Waals surface area contributed by atoms with E-state index in [1.807, 2.05) is 0 Å². The highest BCUT2D eigenvalue weighted by molar-refractivity contribution is 7.99. The maximum absolute atomic E-state index is 11.7. The van der Waals surface area contributed by atoms with Gasteiger partial charge in [-0.15, -0.1) is 0 Å². The summed E-state index contributed by atoms with van der Waals surface area (Å²) < 4.78 is 81.4. The molecular formula is C54H94N2O37S2. The van der Waals surface area contributed by atoms with Crippen molar-refractivity contribution in [3.63, 3.8) is 0 Å². The maximum atomic E-state index is 11.7. The van der Waals surface area contributed by atoms with E-state index in [9.17, 15) is 117 Å². The molecule has 25 N–H and O–H groups in total. The van der Waals surface area contributed by atoms with E-state index < -0.39 is 280 Å². The van der Waals surface area contributed by atoms with Crippen molar-refractivity contribution in [2.75, 3.05) is 84.1 Å². The number of hydrogen-bond acceptors (Lipinski definition) is 39. The fourth-order valence-corrected chi connectivity index (χ4v) is 13.6. The molecule has 0 spiro atoms. The van der Waals surface area contributed by atoms with Crippen LogP contribution in [0.15, 0.2) is 0 Å². The summed E-state index contributed by atoms with van der Waals surface area (Å²) in [5.41, 5.74) is -2.23. The molecule has 15 unspecified atom stereocenters. The molecule has 0 radical (unpaired) electrons. The highest BCUT2D eigenvalue weighted by Gasteiger charge is 2.56. The molecular weight excluding hydrogens is 1330 g/mol. The second-order valence-corrected chi connectivity index (χ2v) is 26.1. The first-order valence-electron chi connectivity index (χ1n) is 31.1. The molecule has 0 aliphatic carbocycles. The van der Waals surface area contributed by atoms with Gasteiger partial charge in [0.1, 0.15) is 158 Å². The summed E-state index contributed by atoms with van der Waals surface area (Å²) in [4.78, 5) is 0. The molecule has 39 nitrogen and oxygen atoms in total. The molecule has 9 saturated heterocycles. The second kappa shape index (κ2) is 36.1. The minimum absolute atomic E-state index is 0.0393. The van der Waals surface area contributed by atoms with Crippen LogP contribution in [0.3, 0.4) is 0 Å². The summed E-state index contributed by atoms with van der Waals surface area (Å²) in [6, 6.07) is 0. The molecule has 0 aromatic heterocycles. The van der Waals surface area contributed by atoms with Crippen molar-refractivity contribution in [3.05, 3.63) is 0 Å². The lowest BCUT2D eigenvalue weighted by Crippen LogP contribution is -2.67. The number of thioether (sulfide) groups is 1.